The molecule has 0 saturated carbocycles. The molecule has 0 aliphatic heterocycles. The smallest absolute Gasteiger partial charge is 1.00 e. The molecule has 0 atom stereocenters. The number of benzene rings is 3. The second-order valence-electron chi connectivity index (χ2n) is 4.81. The summed E-state index contributed by atoms with van der Waals surface area (Å²) in [7, 11) is 0. The summed E-state index contributed by atoms with van der Waals surface area (Å²) in [6.45, 7) is 0. The van der Waals surface area contributed by atoms with E-state index in [2.05, 4.69) is 0 Å². The van der Waals surface area contributed by atoms with E-state index in [0.717, 1.165) is 16.7 Å². The second-order valence-corrected chi connectivity index (χ2v) is 4.81. The van der Waals surface area contributed by atoms with E-state index in [9.17, 15) is 5.11 Å². The van der Waals surface area contributed by atoms with Gasteiger partial charge in [0.2, 0.25) is 0 Å². The monoisotopic (exact) mass is 300 g/mol. The molecule has 21 heavy (non-hydrogen) atoms. The summed E-state index contributed by atoms with van der Waals surface area (Å²) in [4.78, 5) is 0. The maximum Gasteiger partial charge on any atom is 1.00 e. The van der Waals surface area contributed by atoms with Crippen molar-refractivity contribution in [2.24, 2.45) is 0 Å². The van der Waals surface area contributed by atoms with Gasteiger partial charge in [-0.3, -0.25) is 0 Å². The Kier molecular flexibility index (Phi) is 5.94. The van der Waals surface area contributed by atoms with Crippen LogP contribution < -0.4 is 51.4 Å². The molecule has 3 rings (SSSR count). The molecule has 0 aliphatic carbocycles. The van der Waals surface area contributed by atoms with Gasteiger partial charge in [0, 0.05) is 0 Å². The fourth-order valence-corrected chi connectivity index (χ4v) is 2.54. The SMILES string of the molecule is OC(c1ccccc1)(c1ccccc1)c1ccccc1.[H-].[K+]. The molecule has 0 unspecified atom stereocenters. The third kappa shape index (κ3) is 3.37. The molecule has 0 saturated heterocycles. The molecule has 0 radical (unpaired) electrons. The minimum Gasteiger partial charge on any atom is -1.00 e. The molecule has 0 heterocycles. The van der Waals surface area contributed by atoms with Gasteiger partial charge in [-0.05, 0) is 16.7 Å². The minimum atomic E-state index is -1.12. The Morgan fingerprint density at radius 2 is 0.762 bits per heavy atom. The first-order chi connectivity index (χ1) is 9.82. The molecule has 0 spiro atoms. The van der Waals surface area contributed by atoms with Gasteiger partial charge >= 0.3 is 51.4 Å². The van der Waals surface area contributed by atoms with Gasteiger partial charge in [-0.1, -0.05) is 91.0 Å². The van der Waals surface area contributed by atoms with Crippen molar-refractivity contribution < 1.29 is 57.9 Å². The van der Waals surface area contributed by atoms with Crippen LogP contribution in [-0.2, 0) is 5.60 Å². The van der Waals surface area contributed by atoms with Gasteiger partial charge < -0.3 is 6.53 Å². The largest absolute Gasteiger partial charge is 1.00 e. The Bertz CT molecular complexity index is 575. The summed E-state index contributed by atoms with van der Waals surface area (Å²) in [5.41, 5.74) is 1.50. The molecular formula is C19H17KO. The first-order valence-electron chi connectivity index (χ1n) is 6.71. The van der Waals surface area contributed by atoms with Gasteiger partial charge in [0.15, 0.2) is 0 Å². The van der Waals surface area contributed by atoms with Crippen molar-refractivity contribution in [3.63, 3.8) is 0 Å². The molecule has 100 valence electrons. The standard InChI is InChI=1S/C19H16O.K.H/c20-19(16-10-4-1-5-11-16,17-12-6-2-7-13-17)18-14-8-3-9-15-18;;/h1-15,20H;;/q;+1;-1. The summed E-state index contributed by atoms with van der Waals surface area (Å²) in [5, 5.41) is 11.4. The van der Waals surface area contributed by atoms with Crippen LogP contribution in [0.15, 0.2) is 91.0 Å². The number of hydrogen-bond donors (Lipinski definition) is 1. The van der Waals surface area contributed by atoms with Gasteiger partial charge in [0.1, 0.15) is 5.60 Å². The van der Waals surface area contributed by atoms with E-state index in [-0.39, 0.29) is 52.8 Å². The van der Waals surface area contributed by atoms with Gasteiger partial charge in [-0.2, -0.15) is 0 Å². The third-order valence-corrected chi connectivity index (χ3v) is 3.57. The predicted molar refractivity (Wildman–Crippen MR) is 82.5 cm³/mol. The molecule has 2 heteroatoms. The Balaban J connectivity index is 0.00000121. The quantitative estimate of drug-likeness (QED) is 0.567. The Morgan fingerprint density at radius 3 is 1.00 bits per heavy atom. The van der Waals surface area contributed by atoms with Crippen LogP contribution in [0.25, 0.3) is 0 Å². The van der Waals surface area contributed by atoms with E-state index in [4.69, 9.17) is 0 Å². The van der Waals surface area contributed by atoms with Crippen LogP contribution in [-0.4, -0.2) is 5.11 Å². The van der Waals surface area contributed by atoms with Gasteiger partial charge in [0.05, 0.1) is 0 Å². The number of aliphatic hydroxyl groups is 1. The average Bonchev–Trinajstić information content (AvgIpc) is 2.56. The van der Waals surface area contributed by atoms with Crippen molar-refractivity contribution >= 4 is 0 Å². The van der Waals surface area contributed by atoms with E-state index in [1.807, 2.05) is 91.0 Å². The number of hydrogen-bond acceptors (Lipinski definition) is 1. The van der Waals surface area contributed by atoms with Crippen molar-refractivity contribution in [2.75, 3.05) is 0 Å². The van der Waals surface area contributed by atoms with E-state index in [0.29, 0.717) is 0 Å². The summed E-state index contributed by atoms with van der Waals surface area (Å²) in [6.07, 6.45) is 0. The van der Waals surface area contributed by atoms with Gasteiger partial charge in [-0.25, -0.2) is 0 Å². The molecule has 0 aliphatic rings. The van der Waals surface area contributed by atoms with Crippen LogP contribution >= 0.6 is 0 Å². The minimum absolute atomic E-state index is 0. The molecule has 1 nitrogen and oxygen atoms in total. The van der Waals surface area contributed by atoms with Gasteiger partial charge in [0.25, 0.3) is 0 Å². The topological polar surface area (TPSA) is 20.2 Å². The zero-order valence-corrected chi connectivity index (χ0v) is 15.2. The van der Waals surface area contributed by atoms with Crippen molar-refractivity contribution in [3.05, 3.63) is 108 Å². The molecule has 0 amide bonds. The van der Waals surface area contributed by atoms with Crippen LogP contribution in [0.1, 0.15) is 18.1 Å². The number of rotatable bonds is 3. The molecule has 0 fully saturated rings. The maximum atomic E-state index is 11.4. The summed E-state index contributed by atoms with van der Waals surface area (Å²) in [5.74, 6) is 0. The summed E-state index contributed by atoms with van der Waals surface area (Å²) in [6, 6.07) is 29.3. The molecule has 3 aromatic carbocycles. The van der Waals surface area contributed by atoms with E-state index >= 15 is 0 Å². The Labute approximate surface area is 169 Å². The summed E-state index contributed by atoms with van der Waals surface area (Å²) < 4.78 is 0. The van der Waals surface area contributed by atoms with Crippen LogP contribution in [0, 0.1) is 0 Å². The zero-order chi connectivity index (χ0) is 13.8. The van der Waals surface area contributed by atoms with Crippen molar-refractivity contribution in [3.8, 4) is 0 Å². The second kappa shape index (κ2) is 7.50. The fraction of sp³-hybridized carbons (Fsp3) is 0.0526. The van der Waals surface area contributed by atoms with Crippen LogP contribution in [0.3, 0.4) is 0 Å². The molecule has 3 aromatic rings. The predicted octanol–water partition coefficient (Wildman–Crippen LogP) is 1.09. The Hall–Kier alpha value is -0.744. The van der Waals surface area contributed by atoms with Crippen molar-refractivity contribution in [2.45, 2.75) is 5.60 Å². The van der Waals surface area contributed by atoms with E-state index in [1.165, 1.54) is 0 Å². The molecule has 1 N–H and O–H groups in total. The first kappa shape index (κ1) is 16.6. The third-order valence-electron chi connectivity index (χ3n) is 3.57. The fourth-order valence-electron chi connectivity index (χ4n) is 2.54. The Morgan fingerprint density at radius 1 is 0.524 bits per heavy atom. The maximum absolute atomic E-state index is 11.4. The average molecular weight is 300 g/mol. The first-order valence-corrected chi connectivity index (χ1v) is 6.71. The van der Waals surface area contributed by atoms with Crippen LogP contribution in [0.4, 0.5) is 0 Å². The van der Waals surface area contributed by atoms with E-state index in [1.54, 1.807) is 0 Å². The van der Waals surface area contributed by atoms with Crippen LogP contribution in [0.5, 0.6) is 0 Å². The van der Waals surface area contributed by atoms with Crippen molar-refractivity contribution in [1.29, 1.82) is 0 Å². The zero-order valence-electron chi connectivity index (χ0n) is 13.1. The van der Waals surface area contributed by atoms with E-state index < -0.39 is 5.60 Å². The summed E-state index contributed by atoms with van der Waals surface area (Å²) >= 11 is 0. The van der Waals surface area contributed by atoms with Crippen LogP contribution in [0.2, 0.25) is 0 Å². The van der Waals surface area contributed by atoms with Gasteiger partial charge in [-0.15, -0.1) is 0 Å². The normalized spacial score (nSPS) is 10.7. The molecule has 0 aromatic heterocycles. The molecular weight excluding hydrogens is 283 g/mol. The van der Waals surface area contributed by atoms with Crippen molar-refractivity contribution in [1.82, 2.24) is 0 Å². The molecule has 0 bridgehead atoms.